The van der Waals surface area contributed by atoms with E-state index in [-0.39, 0.29) is 18.2 Å². The number of halogens is 1. The Morgan fingerprint density at radius 2 is 1.80 bits per heavy atom. The molecule has 1 amide bonds. The van der Waals surface area contributed by atoms with Gasteiger partial charge in [0.1, 0.15) is 17.7 Å². The third-order valence-corrected chi connectivity index (χ3v) is 3.87. The molecule has 0 aliphatic carbocycles. The molecule has 0 spiro atoms. The van der Waals surface area contributed by atoms with Crippen molar-refractivity contribution < 1.29 is 19.2 Å². The average Bonchev–Trinajstić information content (AvgIpc) is 2.75. The van der Waals surface area contributed by atoms with Gasteiger partial charge in [-0.25, -0.2) is 10.4 Å². The Morgan fingerprint density at radius 3 is 2.43 bits per heavy atom. The highest BCUT2D eigenvalue weighted by molar-refractivity contribution is 6.30. The first-order chi connectivity index (χ1) is 14.5. The van der Waals surface area contributed by atoms with Crippen molar-refractivity contribution >= 4 is 29.4 Å². The van der Waals surface area contributed by atoms with Crippen LogP contribution in [0.2, 0.25) is 5.02 Å². The Kier molecular flexibility index (Phi) is 6.91. The molecule has 10 heteroatoms. The standard InChI is InChI=1S/C20H15ClN4O5/c21-15-3-8-17(9-4-15)29-13-19(26)24-23-11-14-1-6-18(7-2-14)30-20-10-5-16(12-22-20)25(27)28/h1-12H,13H2,(H,24,26)/b23-11+. The number of nitrogens with zero attached hydrogens (tertiary/aromatic N) is 3. The van der Waals surface area contributed by atoms with Gasteiger partial charge < -0.3 is 9.47 Å². The molecule has 0 radical (unpaired) electrons. The fourth-order valence-electron chi connectivity index (χ4n) is 2.17. The van der Waals surface area contributed by atoms with Crippen LogP contribution in [0, 0.1) is 10.1 Å². The van der Waals surface area contributed by atoms with E-state index in [1.807, 2.05) is 0 Å². The summed E-state index contributed by atoms with van der Waals surface area (Å²) in [6.07, 6.45) is 2.59. The van der Waals surface area contributed by atoms with E-state index in [9.17, 15) is 14.9 Å². The van der Waals surface area contributed by atoms with E-state index in [2.05, 4.69) is 15.5 Å². The summed E-state index contributed by atoms with van der Waals surface area (Å²) in [7, 11) is 0. The fraction of sp³-hybridized carbons (Fsp3) is 0.0500. The van der Waals surface area contributed by atoms with Gasteiger partial charge in [0.25, 0.3) is 11.6 Å². The molecule has 0 atom stereocenters. The van der Waals surface area contributed by atoms with Crippen LogP contribution in [0.5, 0.6) is 17.4 Å². The van der Waals surface area contributed by atoms with Crippen LogP contribution in [0.15, 0.2) is 72.0 Å². The summed E-state index contributed by atoms with van der Waals surface area (Å²) in [5, 5.41) is 15.1. The molecule has 0 fully saturated rings. The topological polar surface area (TPSA) is 116 Å². The first-order valence-electron chi connectivity index (χ1n) is 8.58. The average molecular weight is 427 g/mol. The van der Waals surface area contributed by atoms with Crippen LogP contribution < -0.4 is 14.9 Å². The minimum atomic E-state index is -0.534. The van der Waals surface area contributed by atoms with Gasteiger partial charge in [0, 0.05) is 17.2 Å². The lowest BCUT2D eigenvalue weighted by Crippen LogP contribution is -2.24. The van der Waals surface area contributed by atoms with Crippen LogP contribution >= 0.6 is 11.6 Å². The Labute approximate surface area is 176 Å². The van der Waals surface area contributed by atoms with Crippen molar-refractivity contribution in [3.05, 3.63) is 87.6 Å². The van der Waals surface area contributed by atoms with Gasteiger partial charge in [0.15, 0.2) is 6.61 Å². The lowest BCUT2D eigenvalue weighted by molar-refractivity contribution is -0.385. The lowest BCUT2D eigenvalue weighted by atomic mass is 10.2. The first-order valence-corrected chi connectivity index (χ1v) is 8.96. The lowest BCUT2D eigenvalue weighted by Gasteiger charge is -2.05. The van der Waals surface area contributed by atoms with Crippen LogP contribution in [0.1, 0.15) is 5.56 Å². The number of benzene rings is 2. The van der Waals surface area contributed by atoms with Gasteiger partial charge in [-0.1, -0.05) is 11.6 Å². The van der Waals surface area contributed by atoms with Crippen LogP contribution in [-0.2, 0) is 4.79 Å². The van der Waals surface area contributed by atoms with Crippen molar-refractivity contribution in [2.24, 2.45) is 5.10 Å². The Morgan fingerprint density at radius 1 is 1.10 bits per heavy atom. The zero-order chi connectivity index (χ0) is 21.3. The fourth-order valence-corrected chi connectivity index (χ4v) is 2.30. The van der Waals surface area contributed by atoms with Gasteiger partial charge in [-0.2, -0.15) is 5.10 Å². The number of rotatable bonds is 8. The summed E-state index contributed by atoms with van der Waals surface area (Å²) in [4.78, 5) is 25.7. The van der Waals surface area contributed by atoms with E-state index in [1.54, 1.807) is 48.5 Å². The Bertz CT molecular complexity index is 1040. The van der Waals surface area contributed by atoms with E-state index in [1.165, 1.54) is 18.3 Å². The van der Waals surface area contributed by atoms with E-state index in [0.717, 1.165) is 11.8 Å². The van der Waals surface area contributed by atoms with Crippen LogP contribution in [0.4, 0.5) is 5.69 Å². The molecule has 1 aromatic heterocycles. The summed E-state index contributed by atoms with van der Waals surface area (Å²) in [6.45, 7) is -0.187. The molecule has 152 valence electrons. The maximum Gasteiger partial charge on any atom is 0.287 e. The van der Waals surface area contributed by atoms with Crippen molar-refractivity contribution in [3.63, 3.8) is 0 Å². The molecular weight excluding hydrogens is 412 g/mol. The van der Waals surface area contributed by atoms with Crippen molar-refractivity contribution in [2.75, 3.05) is 6.61 Å². The largest absolute Gasteiger partial charge is 0.484 e. The van der Waals surface area contributed by atoms with E-state index in [0.29, 0.717) is 16.5 Å². The van der Waals surface area contributed by atoms with Crippen LogP contribution in [0.25, 0.3) is 0 Å². The SMILES string of the molecule is O=C(COc1ccc(Cl)cc1)N/N=C/c1ccc(Oc2ccc([N+](=O)[O-])cn2)cc1. The summed E-state index contributed by atoms with van der Waals surface area (Å²) >= 11 is 5.78. The molecule has 30 heavy (non-hydrogen) atoms. The number of carbonyl (C=O) groups is 1. The number of hydrazone groups is 1. The molecule has 9 nitrogen and oxygen atoms in total. The summed E-state index contributed by atoms with van der Waals surface area (Å²) in [5.41, 5.74) is 2.97. The maximum atomic E-state index is 11.8. The molecule has 2 aromatic carbocycles. The van der Waals surface area contributed by atoms with E-state index < -0.39 is 10.8 Å². The van der Waals surface area contributed by atoms with Gasteiger partial charge in [0.05, 0.1) is 11.1 Å². The second-order valence-electron chi connectivity index (χ2n) is 5.82. The summed E-state index contributed by atoms with van der Waals surface area (Å²) in [6, 6.07) is 16.2. The van der Waals surface area contributed by atoms with Crippen molar-refractivity contribution in [2.45, 2.75) is 0 Å². The highest BCUT2D eigenvalue weighted by atomic mass is 35.5. The van der Waals surface area contributed by atoms with E-state index >= 15 is 0 Å². The zero-order valence-electron chi connectivity index (χ0n) is 15.4. The number of ether oxygens (including phenoxy) is 2. The van der Waals surface area contributed by atoms with Gasteiger partial charge >= 0.3 is 0 Å². The minimum absolute atomic E-state index is 0.116. The van der Waals surface area contributed by atoms with Gasteiger partial charge in [-0.15, -0.1) is 0 Å². The third-order valence-electron chi connectivity index (χ3n) is 3.62. The Hall–Kier alpha value is -3.98. The minimum Gasteiger partial charge on any atom is -0.484 e. The number of hydrogen-bond acceptors (Lipinski definition) is 7. The highest BCUT2D eigenvalue weighted by Crippen LogP contribution is 2.21. The number of pyridine rings is 1. The van der Waals surface area contributed by atoms with Crippen LogP contribution in [-0.4, -0.2) is 28.6 Å². The number of hydrogen-bond donors (Lipinski definition) is 1. The van der Waals surface area contributed by atoms with Crippen LogP contribution in [0.3, 0.4) is 0 Å². The third kappa shape index (κ3) is 6.28. The maximum absolute atomic E-state index is 11.8. The van der Waals surface area contributed by atoms with Crippen molar-refractivity contribution in [3.8, 4) is 17.4 Å². The number of nitrogens with one attached hydrogen (secondary N) is 1. The van der Waals surface area contributed by atoms with Crippen molar-refractivity contribution in [1.82, 2.24) is 10.4 Å². The molecule has 1 heterocycles. The first kappa shape index (κ1) is 20.7. The van der Waals surface area contributed by atoms with Gasteiger partial charge in [0.2, 0.25) is 5.88 Å². The molecule has 3 aromatic rings. The number of aromatic nitrogens is 1. The second kappa shape index (κ2) is 9.99. The molecule has 3 rings (SSSR count). The van der Waals surface area contributed by atoms with E-state index in [4.69, 9.17) is 21.1 Å². The molecule has 0 saturated carbocycles. The summed E-state index contributed by atoms with van der Waals surface area (Å²) < 4.78 is 10.8. The zero-order valence-corrected chi connectivity index (χ0v) is 16.2. The molecule has 0 aliphatic rings. The number of nitro groups is 1. The smallest absolute Gasteiger partial charge is 0.287 e. The molecular formula is C20H15ClN4O5. The normalized spacial score (nSPS) is 10.6. The Balaban J connectivity index is 1.46. The van der Waals surface area contributed by atoms with Gasteiger partial charge in [-0.05, 0) is 54.1 Å². The quantitative estimate of drug-likeness (QED) is 0.331. The predicted molar refractivity (Wildman–Crippen MR) is 110 cm³/mol. The van der Waals surface area contributed by atoms with Crippen molar-refractivity contribution in [1.29, 1.82) is 0 Å². The molecule has 0 unspecified atom stereocenters. The predicted octanol–water partition coefficient (Wildman–Crippen LogP) is 3.96. The highest BCUT2D eigenvalue weighted by Gasteiger charge is 2.06. The monoisotopic (exact) mass is 426 g/mol. The molecule has 0 saturated heterocycles. The molecule has 0 bridgehead atoms. The summed E-state index contributed by atoms with van der Waals surface area (Å²) in [5.74, 6) is 0.839. The molecule has 1 N–H and O–H groups in total. The number of carbonyl (C=O) groups excluding carboxylic acids is 1. The molecule has 0 aliphatic heterocycles. The second-order valence-corrected chi connectivity index (χ2v) is 6.26. The van der Waals surface area contributed by atoms with Gasteiger partial charge in [-0.3, -0.25) is 14.9 Å². The number of amides is 1.